The number of hydrogen-bond donors (Lipinski definition) is 0. The van der Waals surface area contributed by atoms with Crippen molar-refractivity contribution in [3.05, 3.63) is 92.5 Å². The third-order valence-electron chi connectivity index (χ3n) is 5.26. The van der Waals surface area contributed by atoms with Crippen molar-refractivity contribution < 1.29 is 0 Å². The van der Waals surface area contributed by atoms with Crippen molar-refractivity contribution in [1.29, 1.82) is 0 Å². The molecule has 0 spiro atoms. The number of halogens is 1. The van der Waals surface area contributed by atoms with Crippen molar-refractivity contribution >= 4 is 50.7 Å². The van der Waals surface area contributed by atoms with Gasteiger partial charge in [0, 0.05) is 17.3 Å². The van der Waals surface area contributed by atoms with E-state index in [0.29, 0.717) is 23.1 Å². The molecule has 2 aromatic carbocycles. The molecule has 0 aliphatic carbocycles. The minimum atomic E-state index is -0.0147. The highest BCUT2D eigenvalue weighted by Crippen LogP contribution is 2.28. The molecule has 31 heavy (non-hydrogen) atoms. The Kier molecular flexibility index (Phi) is 5.56. The molecule has 5 rings (SSSR count). The molecule has 8 heteroatoms. The second-order valence-corrected chi connectivity index (χ2v) is 9.69. The molecular weight excluding hydrogens is 448 g/mol. The number of nitrogens with zero attached hydrogens (tertiary/aromatic N) is 4. The van der Waals surface area contributed by atoms with Crippen molar-refractivity contribution in [3.8, 4) is 0 Å². The Hall–Kier alpha value is -2.61. The standard InChI is InChI=1S/C23H19ClN4OS2/c1-15(17-7-3-2-4-8-17)13-27-21(29)20-19(10-11-30-20)28-22(27)25-26-23(28)31-14-16-6-5-9-18(24)12-16/h2-12,15H,13-14H2,1H3/t15-/m0/s1. The van der Waals surface area contributed by atoms with Gasteiger partial charge in [-0.05, 0) is 40.6 Å². The largest absolute Gasteiger partial charge is 0.275 e. The normalized spacial score (nSPS) is 12.6. The summed E-state index contributed by atoms with van der Waals surface area (Å²) >= 11 is 9.17. The summed E-state index contributed by atoms with van der Waals surface area (Å²) < 4.78 is 4.48. The first-order valence-corrected chi connectivity index (χ1v) is 12.1. The number of hydrogen-bond acceptors (Lipinski definition) is 5. The lowest BCUT2D eigenvalue weighted by Crippen LogP contribution is -2.24. The third kappa shape index (κ3) is 3.89. The Morgan fingerprint density at radius 3 is 2.74 bits per heavy atom. The second kappa shape index (κ2) is 8.49. The van der Waals surface area contributed by atoms with Crippen LogP contribution in [-0.2, 0) is 12.3 Å². The predicted octanol–water partition coefficient (Wildman–Crippen LogP) is 5.86. The number of thioether (sulfide) groups is 1. The maximum atomic E-state index is 13.3. The van der Waals surface area contributed by atoms with Crippen LogP contribution in [0.5, 0.6) is 0 Å². The summed E-state index contributed by atoms with van der Waals surface area (Å²) in [6.45, 7) is 2.67. The minimum Gasteiger partial charge on any atom is -0.275 e. The van der Waals surface area contributed by atoms with Crippen LogP contribution in [0.4, 0.5) is 0 Å². The molecular formula is C23H19ClN4OS2. The summed E-state index contributed by atoms with van der Waals surface area (Å²) in [6.07, 6.45) is 0. The van der Waals surface area contributed by atoms with Crippen LogP contribution < -0.4 is 5.56 Å². The molecule has 0 aliphatic heterocycles. The van der Waals surface area contributed by atoms with E-state index in [2.05, 4.69) is 29.3 Å². The van der Waals surface area contributed by atoms with E-state index in [9.17, 15) is 4.79 Å². The van der Waals surface area contributed by atoms with Crippen molar-refractivity contribution in [1.82, 2.24) is 19.2 Å². The van der Waals surface area contributed by atoms with Crippen LogP contribution >= 0.6 is 34.7 Å². The van der Waals surface area contributed by atoms with E-state index in [1.807, 2.05) is 58.3 Å². The molecule has 0 N–H and O–H groups in total. The summed E-state index contributed by atoms with van der Waals surface area (Å²) in [5, 5.41) is 12.3. The highest BCUT2D eigenvalue weighted by molar-refractivity contribution is 7.98. The third-order valence-corrected chi connectivity index (χ3v) is 7.39. The number of thiophene rings is 1. The van der Waals surface area contributed by atoms with Crippen LogP contribution in [0.15, 0.2) is 76.0 Å². The van der Waals surface area contributed by atoms with Crippen LogP contribution in [0.1, 0.15) is 24.0 Å². The molecule has 0 radical (unpaired) electrons. The van der Waals surface area contributed by atoms with Crippen LogP contribution in [0, 0.1) is 0 Å². The fourth-order valence-electron chi connectivity index (χ4n) is 3.69. The lowest BCUT2D eigenvalue weighted by atomic mass is 10.0. The first-order chi connectivity index (χ1) is 15.1. The van der Waals surface area contributed by atoms with Crippen molar-refractivity contribution in [2.75, 3.05) is 0 Å². The second-order valence-electron chi connectivity index (χ2n) is 7.40. The van der Waals surface area contributed by atoms with Gasteiger partial charge < -0.3 is 0 Å². The zero-order chi connectivity index (χ0) is 21.4. The summed E-state index contributed by atoms with van der Waals surface area (Å²) in [5.74, 6) is 1.46. The first kappa shape index (κ1) is 20.3. The SMILES string of the molecule is C[C@@H](Cn1c(=O)c2sccc2n2c(SCc3cccc(Cl)c3)nnc12)c1ccccc1. The Labute approximate surface area is 192 Å². The molecule has 0 aliphatic rings. The molecule has 0 bridgehead atoms. The first-order valence-electron chi connectivity index (χ1n) is 9.89. The summed E-state index contributed by atoms with van der Waals surface area (Å²) in [5.41, 5.74) is 3.14. The zero-order valence-corrected chi connectivity index (χ0v) is 19.1. The van der Waals surface area contributed by atoms with Gasteiger partial charge in [0.05, 0.1) is 5.52 Å². The molecule has 5 nitrogen and oxygen atoms in total. The van der Waals surface area contributed by atoms with E-state index < -0.39 is 0 Å². The molecule has 0 saturated carbocycles. The smallest absolute Gasteiger partial charge is 0.272 e. The van der Waals surface area contributed by atoms with Gasteiger partial charge in [-0.1, -0.05) is 72.8 Å². The van der Waals surface area contributed by atoms with Gasteiger partial charge in [-0.15, -0.1) is 21.5 Å². The minimum absolute atomic E-state index is 0.0147. The van der Waals surface area contributed by atoms with Crippen molar-refractivity contribution in [2.24, 2.45) is 0 Å². The Morgan fingerprint density at radius 2 is 1.94 bits per heavy atom. The van der Waals surface area contributed by atoms with E-state index in [1.165, 1.54) is 16.9 Å². The maximum Gasteiger partial charge on any atom is 0.272 e. The van der Waals surface area contributed by atoms with Crippen LogP contribution in [0.2, 0.25) is 5.02 Å². The molecule has 0 fully saturated rings. The fraction of sp³-hybridized carbons (Fsp3) is 0.174. The van der Waals surface area contributed by atoms with E-state index in [0.717, 1.165) is 20.9 Å². The predicted molar refractivity (Wildman–Crippen MR) is 128 cm³/mol. The van der Waals surface area contributed by atoms with Gasteiger partial charge in [-0.25, -0.2) is 0 Å². The van der Waals surface area contributed by atoms with Gasteiger partial charge >= 0.3 is 0 Å². The van der Waals surface area contributed by atoms with Gasteiger partial charge in [-0.3, -0.25) is 13.8 Å². The van der Waals surface area contributed by atoms with E-state index >= 15 is 0 Å². The number of benzene rings is 2. The lowest BCUT2D eigenvalue weighted by molar-refractivity contribution is 0.588. The van der Waals surface area contributed by atoms with E-state index in [4.69, 9.17) is 11.6 Å². The zero-order valence-electron chi connectivity index (χ0n) is 16.7. The summed E-state index contributed by atoms with van der Waals surface area (Å²) in [6, 6.07) is 20.0. The molecule has 156 valence electrons. The van der Waals surface area contributed by atoms with Crippen LogP contribution in [-0.4, -0.2) is 19.2 Å². The molecule has 1 atom stereocenters. The molecule has 3 heterocycles. The molecule has 0 saturated heterocycles. The van der Waals surface area contributed by atoms with Gasteiger partial charge in [-0.2, -0.15) is 0 Å². The van der Waals surface area contributed by atoms with E-state index in [1.54, 1.807) is 16.3 Å². The van der Waals surface area contributed by atoms with Gasteiger partial charge in [0.15, 0.2) is 5.16 Å². The highest BCUT2D eigenvalue weighted by atomic mass is 35.5. The monoisotopic (exact) mass is 466 g/mol. The summed E-state index contributed by atoms with van der Waals surface area (Å²) in [4.78, 5) is 13.3. The summed E-state index contributed by atoms with van der Waals surface area (Å²) in [7, 11) is 0. The Morgan fingerprint density at radius 1 is 1.10 bits per heavy atom. The number of aromatic nitrogens is 4. The van der Waals surface area contributed by atoms with Gasteiger partial charge in [0.2, 0.25) is 5.78 Å². The highest BCUT2D eigenvalue weighted by Gasteiger charge is 2.19. The number of fused-ring (bicyclic) bond motifs is 3. The van der Waals surface area contributed by atoms with Crippen LogP contribution in [0.3, 0.4) is 0 Å². The maximum absolute atomic E-state index is 13.3. The van der Waals surface area contributed by atoms with Crippen molar-refractivity contribution in [3.63, 3.8) is 0 Å². The Balaban J connectivity index is 1.56. The average molecular weight is 467 g/mol. The molecule has 0 unspecified atom stereocenters. The molecule has 3 aromatic heterocycles. The van der Waals surface area contributed by atoms with Crippen LogP contribution in [0.25, 0.3) is 16.0 Å². The molecule has 0 amide bonds. The lowest BCUT2D eigenvalue weighted by Gasteiger charge is -2.15. The average Bonchev–Trinajstić information content (AvgIpc) is 3.43. The van der Waals surface area contributed by atoms with Gasteiger partial charge in [0.1, 0.15) is 4.70 Å². The molecule has 5 aromatic rings. The topological polar surface area (TPSA) is 52.2 Å². The van der Waals surface area contributed by atoms with Crippen molar-refractivity contribution in [2.45, 2.75) is 30.3 Å². The Bertz CT molecular complexity index is 1420. The van der Waals surface area contributed by atoms with Gasteiger partial charge in [0.25, 0.3) is 5.56 Å². The quantitative estimate of drug-likeness (QED) is 0.294. The fourth-order valence-corrected chi connectivity index (χ4v) is 5.61. The number of rotatable bonds is 6. The van der Waals surface area contributed by atoms with E-state index in [-0.39, 0.29) is 11.5 Å².